The van der Waals surface area contributed by atoms with Gasteiger partial charge in [-0.25, -0.2) is 10.5 Å². The highest BCUT2D eigenvalue weighted by Crippen LogP contribution is 2.17. The predicted molar refractivity (Wildman–Crippen MR) is 96.6 cm³/mol. The van der Waals surface area contributed by atoms with Crippen LogP contribution < -0.4 is 5.48 Å². The Hall–Kier alpha value is -3.27. The van der Waals surface area contributed by atoms with Crippen LogP contribution in [0.25, 0.3) is 10.9 Å². The Morgan fingerprint density at radius 2 is 1.96 bits per heavy atom. The highest BCUT2D eigenvalue weighted by atomic mass is 16.5. The van der Waals surface area contributed by atoms with Crippen molar-refractivity contribution in [2.45, 2.75) is 12.8 Å². The van der Waals surface area contributed by atoms with Crippen molar-refractivity contribution in [2.75, 3.05) is 6.61 Å². The first-order valence-corrected chi connectivity index (χ1v) is 8.12. The number of fused-ring (bicyclic) bond motifs is 1. The fourth-order valence-electron chi connectivity index (χ4n) is 2.55. The van der Waals surface area contributed by atoms with Crippen molar-refractivity contribution >= 4 is 16.8 Å². The smallest absolute Gasteiger partial charge is 0.275 e. The minimum atomic E-state index is -0.637. The largest absolute Gasteiger partial charge is 0.396 e. The summed E-state index contributed by atoms with van der Waals surface area (Å²) in [5.74, 6) is 5.34. The second-order valence-corrected chi connectivity index (χ2v) is 5.66. The average molecular weight is 347 g/mol. The van der Waals surface area contributed by atoms with Gasteiger partial charge in [-0.15, -0.1) is 0 Å². The van der Waals surface area contributed by atoms with E-state index in [2.05, 4.69) is 21.8 Å². The molecule has 3 N–H and O–H groups in total. The fourth-order valence-corrected chi connectivity index (χ4v) is 2.55. The maximum absolute atomic E-state index is 11.9. The number of amides is 1. The van der Waals surface area contributed by atoms with E-state index in [1.54, 1.807) is 17.7 Å². The first-order valence-electron chi connectivity index (χ1n) is 8.12. The maximum Gasteiger partial charge on any atom is 0.275 e. The molecule has 0 aliphatic carbocycles. The number of hydrogen-bond acceptors (Lipinski definition) is 5. The van der Waals surface area contributed by atoms with Gasteiger partial charge >= 0.3 is 0 Å². The number of aliphatic hydroxyl groups is 1. The second-order valence-electron chi connectivity index (χ2n) is 5.66. The molecule has 0 aliphatic rings. The molecule has 130 valence electrons. The molecular formula is C20H17N3O3. The zero-order valence-electron chi connectivity index (χ0n) is 13.9. The van der Waals surface area contributed by atoms with Gasteiger partial charge in [0.15, 0.2) is 0 Å². The summed E-state index contributed by atoms with van der Waals surface area (Å²) in [6.07, 6.45) is 4.66. The Bertz CT molecular complexity index is 989. The van der Waals surface area contributed by atoms with Gasteiger partial charge < -0.3 is 5.11 Å². The molecule has 6 heteroatoms. The van der Waals surface area contributed by atoms with Gasteiger partial charge in [-0.1, -0.05) is 18.1 Å². The lowest BCUT2D eigenvalue weighted by atomic mass is 10.1. The zero-order chi connectivity index (χ0) is 18.4. The molecule has 0 saturated carbocycles. The lowest BCUT2D eigenvalue weighted by Crippen LogP contribution is -2.19. The van der Waals surface area contributed by atoms with Gasteiger partial charge in [-0.3, -0.25) is 15.0 Å². The van der Waals surface area contributed by atoms with Crippen LogP contribution in [0.4, 0.5) is 0 Å². The van der Waals surface area contributed by atoms with Crippen LogP contribution in [0.1, 0.15) is 33.6 Å². The van der Waals surface area contributed by atoms with E-state index < -0.39 is 5.91 Å². The number of aliphatic hydroxyl groups excluding tert-OH is 1. The molecule has 1 amide bonds. The van der Waals surface area contributed by atoms with E-state index in [0.29, 0.717) is 16.6 Å². The summed E-state index contributed by atoms with van der Waals surface area (Å²) in [5.41, 5.74) is 4.86. The first-order chi connectivity index (χ1) is 12.7. The van der Waals surface area contributed by atoms with Crippen LogP contribution in [0.15, 0.2) is 48.8 Å². The van der Waals surface area contributed by atoms with E-state index in [4.69, 9.17) is 10.3 Å². The Morgan fingerprint density at radius 1 is 1.15 bits per heavy atom. The molecule has 0 bridgehead atoms. The van der Waals surface area contributed by atoms with Crippen molar-refractivity contribution < 1.29 is 15.1 Å². The lowest BCUT2D eigenvalue weighted by Gasteiger charge is -2.04. The lowest BCUT2D eigenvalue weighted by molar-refractivity contribution is 0.0708. The van der Waals surface area contributed by atoms with Crippen molar-refractivity contribution in [3.63, 3.8) is 0 Å². The number of carbonyl (C=O) groups excluding carboxylic acids is 1. The third kappa shape index (κ3) is 4.03. The van der Waals surface area contributed by atoms with Gasteiger partial charge in [0.05, 0.1) is 11.1 Å². The summed E-state index contributed by atoms with van der Waals surface area (Å²) in [6.45, 7) is 0.175. The normalized spacial score (nSPS) is 10.2. The molecular weight excluding hydrogens is 330 g/mol. The highest BCUT2D eigenvalue weighted by molar-refractivity contribution is 6.05. The van der Waals surface area contributed by atoms with Crippen molar-refractivity contribution in [3.8, 4) is 11.8 Å². The van der Waals surface area contributed by atoms with E-state index in [9.17, 15) is 4.79 Å². The minimum absolute atomic E-state index is 0.175. The fraction of sp³-hybridized carbons (Fsp3) is 0.150. The molecule has 0 atom stereocenters. The summed E-state index contributed by atoms with van der Waals surface area (Å²) >= 11 is 0. The number of benzene rings is 1. The van der Waals surface area contributed by atoms with E-state index >= 15 is 0 Å². The number of hydrogen-bond donors (Lipinski definition) is 3. The Balaban J connectivity index is 1.92. The number of aryl methyl sites for hydroxylation is 1. The zero-order valence-corrected chi connectivity index (χ0v) is 13.9. The first kappa shape index (κ1) is 17.5. The maximum atomic E-state index is 11.9. The van der Waals surface area contributed by atoms with Gasteiger partial charge in [0, 0.05) is 30.0 Å². The molecule has 3 rings (SSSR count). The summed E-state index contributed by atoms with van der Waals surface area (Å²) in [6, 6.07) is 11.0. The number of aromatic nitrogens is 2. The van der Waals surface area contributed by atoms with Crippen molar-refractivity contribution in [3.05, 3.63) is 71.2 Å². The molecule has 2 aromatic heterocycles. The van der Waals surface area contributed by atoms with Crippen molar-refractivity contribution in [1.82, 2.24) is 15.4 Å². The van der Waals surface area contributed by atoms with Crippen LogP contribution >= 0.6 is 0 Å². The molecule has 26 heavy (non-hydrogen) atoms. The number of pyridine rings is 2. The second kappa shape index (κ2) is 8.21. The van der Waals surface area contributed by atoms with Gasteiger partial charge in [-0.05, 0) is 48.6 Å². The van der Waals surface area contributed by atoms with Crippen molar-refractivity contribution in [1.29, 1.82) is 0 Å². The summed E-state index contributed by atoms with van der Waals surface area (Å²) in [5, 5.41) is 18.4. The average Bonchev–Trinajstić information content (AvgIpc) is 2.70. The quantitative estimate of drug-likeness (QED) is 0.381. The minimum Gasteiger partial charge on any atom is -0.396 e. The predicted octanol–water partition coefficient (Wildman–Crippen LogP) is 2.07. The summed E-state index contributed by atoms with van der Waals surface area (Å²) in [4.78, 5) is 20.3. The Morgan fingerprint density at radius 3 is 2.69 bits per heavy atom. The third-order valence-corrected chi connectivity index (χ3v) is 3.87. The van der Waals surface area contributed by atoms with Crippen LogP contribution in [0, 0.1) is 11.8 Å². The van der Waals surface area contributed by atoms with Crippen LogP contribution in [-0.4, -0.2) is 32.8 Å². The van der Waals surface area contributed by atoms with Gasteiger partial charge in [-0.2, -0.15) is 0 Å². The highest BCUT2D eigenvalue weighted by Gasteiger charge is 2.11. The van der Waals surface area contributed by atoms with Crippen LogP contribution in [-0.2, 0) is 6.42 Å². The molecule has 1 aromatic carbocycles. The van der Waals surface area contributed by atoms with E-state index in [-0.39, 0.29) is 12.2 Å². The molecule has 0 spiro atoms. The molecule has 6 nitrogen and oxygen atoms in total. The third-order valence-electron chi connectivity index (χ3n) is 3.87. The van der Waals surface area contributed by atoms with Crippen LogP contribution in [0.5, 0.6) is 0 Å². The number of rotatable bonds is 4. The molecule has 0 saturated heterocycles. The number of nitrogens with zero attached hydrogens (tertiary/aromatic N) is 2. The van der Waals surface area contributed by atoms with Gasteiger partial charge in [0.2, 0.25) is 0 Å². The van der Waals surface area contributed by atoms with Crippen LogP contribution in [0.3, 0.4) is 0 Å². The summed E-state index contributed by atoms with van der Waals surface area (Å²) in [7, 11) is 0. The monoisotopic (exact) mass is 347 g/mol. The number of hydroxylamine groups is 1. The molecule has 0 unspecified atom stereocenters. The van der Waals surface area contributed by atoms with E-state index in [0.717, 1.165) is 24.0 Å². The standard InChI is InChI=1S/C20H17N3O3/c24-11-1-2-14-3-5-15(6-4-14)7-8-16-12-17(20(25)23-26)18-13-21-10-9-19(18)22-16/h3-6,9-10,12-13,24,26H,1-2,11H2,(H,23,25). The van der Waals surface area contributed by atoms with Crippen molar-refractivity contribution in [2.24, 2.45) is 0 Å². The van der Waals surface area contributed by atoms with Gasteiger partial charge in [0.25, 0.3) is 5.91 Å². The van der Waals surface area contributed by atoms with Crippen LogP contribution in [0.2, 0.25) is 0 Å². The van der Waals surface area contributed by atoms with E-state index in [1.807, 2.05) is 24.3 Å². The summed E-state index contributed by atoms with van der Waals surface area (Å²) < 4.78 is 0. The molecule has 2 heterocycles. The topological polar surface area (TPSA) is 95.3 Å². The Labute approximate surface area is 150 Å². The SMILES string of the molecule is O=C(NO)c1cc(C#Cc2ccc(CCCO)cc2)nc2ccncc12. The molecule has 3 aromatic rings. The van der Waals surface area contributed by atoms with Gasteiger partial charge in [0.1, 0.15) is 5.69 Å². The van der Waals surface area contributed by atoms with E-state index in [1.165, 1.54) is 12.3 Å². The molecule has 0 radical (unpaired) electrons. The molecule has 0 aliphatic heterocycles. The number of nitrogens with one attached hydrogen (secondary N) is 1. The number of carbonyl (C=O) groups is 1. The molecule has 0 fully saturated rings. The Kier molecular flexibility index (Phi) is 5.54.